The molecule has 1 saturated heterocycles. The number of aromatic nitrogens is 4. The summed E-state index contributed by atoms with van der Waals surface area (Å²) in [5.41, 5.74) is 1.63. The van der Waals surface area contributed by atoms with Crippen molar-refractivity contribution in [1.29, 1.82) is 0 Å². The Kier molecular flexibility index (Phi) is 8.07. The maximum atomic E-state index is 13.7. The van der Waals surface area contributed by atoms with Gasteiger partial charge in [0.25, 0.3) is 5.56 Å². The molecule has 1 aliphatic rings. The molecule has 0 bridgehead atoms. The average molecular weight is 571 g/mol. The number of hydrogen-bond donors (Lipinski definition) is 2. The molecule has 0 aliphatic carbocycles. The molecule has 0 unspecified atom stereocenters. The molecule has 5 rings (SSSR count). The molecule has 42 heavy (non-hydrogen) atoms. The van der Waals surface area contributed by atoms with Crippen molar-refractivity contribution in [2.75, 3.05) is 55.9 Å². The van der Waals surface area contributed by atoms with Crippen LogP contribution < -0.4 is 31.5 Å². The Balaban J connectivity index is 1.59. The number of nitrogens with zero attached hydrogens (tertiary/aromatic N) is 6. The Morgan fingerprint density at radius 2 is 1.83 bits per heavy atom. The van der Waals surface area contributed by atoms with Gasteiger partial charge < -0.3 is 25.2 Å². The largest absolute Gasteiger partial charge is 0.494 e. The minimum absolute atomic E-state index is 0.125. The topological polar surface area (TPSA) is 127 Å². The summed E-state index contributed by atoms with van der Waals surface area (Å²) in [5.74, 6) is 0.394. The number of likely N-dealkylation sites (N-methyl/N-ethyl adjacent to an activating group) is 1. The number of methoxy groups -OCH3 is 1. The molecule has 0 radical (unpaired) electrons. The summed E-state index contributed by atoms with van der Waals surface area (Å²) in [6.45, 7) is 10.8. The molecular formula is C30H34N8O4. The summed E-state index contributed by atoms with van der Waals surface area (Å²) < 4.78 is 8.19. The van der Waals surface area contributed by atoms with Crippen LogP contribution in [0.15, 0.2) is 70.9 Å². The van der Waals surface area contributed by atoms with E-state index in [0.717, 1.165) is 42.5 Å². The third-order valence-electron chi connectivity index (χ3n) is 7.20. The van der Waals surface area contributed by atoms with Crippen molar-refractivity contribution >= 4 is 40.0 Å². The first-order valence-electron chi connectivity index (χ1n) is 13.7. The van der Waals surface area contributed by atoms with Gasteiger partial charge >= 0.3 is 5.69 Å². The van der Waals surface area contributed by atoms with Gasteiger partial charge in [-0.2, -0.15) is 4.98 Å². The molecule has 2 aromatic carbocycles. The van der Waals surface area contributed by atoms with Crippen molar-refractivity contribution in [2.24, 2.45) is 0 Å². The first kappa shape index (κ1) is 28.6. The normalized spacial score (nSPS) is 13.8. The van der Waals surface area contributed by atoms with Crippen molar-refractivity contribution in [3.05, 3.63) is 82.2 Å². The van der Waals surface area contributed by atoms with Crippen LogP contribution in [-0.4, -0.2) is 70.2 Å². The third-order valence-corrected chi connectivity index (χ3v) is 7.20. The van der Waals surface area contributed by atoms with Gasteiger partial charge in [-0.05, 0) is 57.3 Å². The molecular weight excluding hydrogens is 536 g/mol. The van der Waals surface area contributed by atoms with E-state index in [-0.39, 0.29) is 17.0 Å². The van der Waals surface area contributed by atoms with Gasteiger partial charge in [-0.1, -0.05) is 12.6 Å². The fourth-order valence-electron chi connectivity index (χ4n) is 4.94. The second-order valence-corrected chi connectivity index (χ2v) is 10.4. The number of benzene rings is 2. The van der Waals surface area contributed by atoms with Crippen molar-refractivity contribution in [3.63, 3.8) is 0 Å². The second-order valence-electron chi connectivity index (χ2n) is 10.4. The SMILES string of the molecule is C=CC(=O)Nc1cccc(-n2c(=O)n(C(C)C)c(=O)c3cnc(Nc4ccc(N5CCN(C)CC5)cc4OC)nc32)c1. The van der Waals surface area contributed by atoms with Crippen LogP contribution in [0.4, 0.5) is 23.0 Å². The smallest absolute Gasteiger partial charge is 0.337 e. The van der Waals surface area contributed by atoms with Gasteiger partial charge in [0, 0.05) is 55.9 Å². The molecule has 1 fully saturated rings. The standard InChI is InChI=1S/C30H34N8O4/c1-6-26(39)32-20-8-7-9-22(16-20)38-27-23(28(40)37(19(2)3)30(38)41)18-31-29(34-27)33-24-11-10-21(17-25(24)42-5)36-14-12-35(4)13-15-36/h6-11,16-19H,1,12-15H2,2-5H3,(H,32,39)(H,31,33,34). The monoisotopic (exact) mass is 570 g/mol. The highest BCUT2D eigenvalue weighted by molar-refractivity contribution is 5.99. The lowest BCUT2D eigenvalue weighted by atomic mass is 10.2. The van der Waals surface area contributed by atoms with E-state index in [4.69, 9.17) is 4.74 Å². The maximum absolute atomic E-state index is 13.7. The predicted molar refractivity (Wildman–Crippen MR) is 165 cm³/mol. The number of hydrogen-bond acceptors (Lipinski definition) is 9. The molecule has 1 aliphatic heterocycles. The number of anilines is 4. The quantitative estimate of drug-likeness (QED) is 0.307. The summed E-state index contributed by atoms with van der Waals surface area (Å²) in [6, 6.07) is 12.2. The van der Waals surface area contributed by atoms with Crippen LogP contribution in [0.2, 0.25) is 0 Å². The molecule has 12 nitrogen and oxygen atoms in total. The van der Waals surface area contributed by atoms with Gasteiger partial charge in [0.05, 0.1) is 18.5 Å². The van der Waals surface area contributed by atoms with Gasteiger partial charge in [0.2, 0.25) is 11.9 Å². The highest BCUT2D eigenvalue weighted by Crippen LogP contribution is 2.32. The first-order chi connectivity index (χ1) is 20.2. The summed E-state index contributed by atoms with van der Waals surface area (Å²) >= 11 is 0. The number of ether oxygens (including phenoxy) is 1. The van der Waals surface area contributed by atoms with E-state index in [0.29, 0.717) is 22.8 Å². The molecule has 0 saturated carbocycles. The van der Waals surface area contributed by atoms with Crippen LogP contribution in [0.25, 0.3) is 16.7 Å². The van der Waals surface area contributed by atoms with E-state index < -0.39 is 23.2 Å². The Hall–Kier alpha value is -4.97. The van der Waals surface area contributed by atoms with E-state index in [9.17, 15) is 14.4 Å². The number of nitrogens with one attached hydrogen (secondary N) is 2. The maximum Gasteiger partial charge on any atom is 0.337 e. The van der Waals surface area contributed by atoms with Crippen LogP contribution in [0.1, 0.15) is 19.9 Å². The number of carbonyl (C=O) groups excluding carboxylic acids is 1. The molecule has 1 amide bonds. The summed E-state index contributed by atoms with van der Waals surface area (Å²) in [4.78, 5) is 52.6. The fourth-order valence-corrected chi connectivity index (χ4v) is 4.94. The van der Waals surface area contributed by atoms with Crippen molar-refractivity contribution < 1.29 is 9.53 Å². The molecule has 4 aromatic rings. The highest BCUT2D eigenvalue weighted by Gasteiger charge is 2.20. The van der Waals surface area contributed by atoms with E-state index >= 15 is 0 Å². The van der Waals surface area contributed by atoms with Crippen LogP contribution in [0.5, 0.6) is 5.75 Å². The van der Waals surface area contributed by atoms with Crippen LogP contribution in [0, 0.1) is 0 Å². The average Bonchev–Trinajstić information content (AvgIpc) is 2.97. The summed E-state index contributed by atoms with van der Waals surface area (Å²) in [6.07, 6.45) is 2.57. The van der Waals surface area contributed by atoms with Crippen molar-refractivity contribution in [2.45, 2.75) is 19.9 Å². The van der Waals surface area contributed by atoms with Gasteiger partial charge in [-0.25, -0.2) is 14.3 Å². The second kappa shape index (κ2) is 11.9. The lowest BCUT2D eigenvalue weighted by molar-refractivity contribution is -0.111. The number of piperazine rings is 1. The van der Waals surface area contributed by atoms with Crippen LogP contribution in [-0.2, 0) is 4.79 Å². The Morgan fingerprint density at radius 3 is 2.52 bits per heavy atom. The van der Waals surface area contributed by atoms with E-state index in [1.165, 1.54) is 10.8 Å². The minimum Gasteiger partial charge on any atom is -0.494 e. The minimum atomic E-state index is -0.562. The van der Waals surface area contributed by atoms with Crippen LogP contribution >= 0.6 is 0 Å². The Labute approximate surface area is 242 Å². The molecule has 2 N–H and O–H groups in total. The molecule has 0 spiro atoms. The fraction of sp³-hybridized carbons (Fsp3) is 0.300. The number of rotatable bonds is 8. The van der Waals surface area contributed by atoms with E-state index in [1.807, 2.05) is 18.2 Å². The number of amides is 1. The van der Waals surface area contributed by atoms with E-state index in [1.54, 1.807) is 45.2 Å². The lowest BCUT2D eigenvalue weighted by Crippen LogP contribution is -2.44. The van der Waals surface area contributed by atoms with Crippen LogP contribution in [0.3, 0.4) is 0 Å². The first-order valence-corrected chi connectivity index (χ1v) is 13.7. The number of fused-ring (bicyclic) bond motifs is 1. The van der Waals surface area contributed by atoms with Gasteiger partial charge in [-0.3, -0.25) is 14.2 Å². The zero-order chi connectivity index (χ0) is 30.0. The van der Waals surface area contributed by atoms with Crippen molar-refractivity contribution in [3.8, 4) is 11.4 Å². The van der Waals surface area contributed by atoms with Crippen molar-refractivity contribution in [1.82, 2.24) is 24.0 Å². The Bertz CT molecular complexity index is 1770. The highest BCUT2D eigenvalue weighted by atomic mass is 16.5. The zero-order valence-electron chi connectivity index (χ0n) is 24.1. The zero-order valence-corrected chi connectivity index (χ0v) is 24.1. The summed E-state index contributed by atoms with van der Waals surface area (Å²) in [5, 5.41) is 6.06. The molecule has 12 heteroatoms. The van der Waals surface area contributed by atoms with Gasteiger partial charge in [0.15, 0.2) is 5.65 Å². The number of carbonyl (C=O) groups is 1. The lowest BCUT2D eigenvalue weighted by Gasteiger charge is -2.34. The van der Waals surface area contributed by atoms with Gasteiger partial charge in [0.1, 0.15) is 11.1 Å². The molecule has 3 heterocycles. The predicted octanol–water partition coefficient (Wildman–Crippen LogP) is 3.15. The molecule has 218 valence electrons. The molecule has 2 aromatic heterocycles. The summed E-state index contributed by atoms with van der Waals surface area (Å²) in [7, 11) is 3.71. The van der Waals surface area contributed by atoms with Gasteiger partial charge in [-0.15, -0.1) is 0 Å². The Morgan fingerprint density at radius 1 is 1.07 bits per heavy atom. The molecule has 0 atom stereocenters. The third kappa shape index (κ3) is 5.61. The van der Waals surface area contributed by atoms with E-state index in [2.05, 4.69) is 44.0 Å².